The van der Waals surface area contributed by atoms with Gasteiger partial charge in [-0.1, -0.05) is 50.1 Å². The minimum Gasteiger partial charge on any atom is -0.461 e. The van der Waals surface area contributed by atoms with Crippen LogP contribution >= 0.6 is 11.8 Å². The standard InChI is InChI=1S/C17H24ClNO2/c1-2-14(15-10-6-7-11-16(15)19-18)17(20)21-12-13-8-4-3-5-9-13/h3-5,8-9,14-16,19H,2,6-7,10-12H2,1H3/t14-,15-,16-/m0/s1. The summed E-state index contributed by atoms with van der Waals surface area (Å²) in [4.78, 5) is 15.3. The molecule has 1 aromatic carbocycles. The zero-order valence-corrected chi connectivity index (χ0v) is 13.3. The van der Waals surface area contributed by atoms with E-state index < -0.39 is 0 Å². The Balaban J connectivity index is 1.94. The molecule has 0 heterocycles. The molecule has 0 amide bonds. The zero-order valence-electron chi connectivity index (χ0n) is 12.6. The van der Waals surface area contributed by atoms with Crippen molar-refractivity contribution in [2.24, 2.45) is 11.8 Å². The lowest BCUT2D eigenvalue weighted by molar-refractivity contribution is -0.153. The molecule has 1 aromatic rings. The summed E-state index contributed by atoms with van der Waals surface area (Å²) in [5, 5.41) is 0. The van der Waals surface area contributed by atoms with Gasteiger partial charge in [0.2, 0.25) is 0 Å². The SMILES string of the molecule is CC[C@H](C(=O)OCc1ccccc1)[C@@H]1CCCC[C@@H]1NCl. The Morgan fingerprint density at radius 3 is 2.71 bits per heavy atom. The maximum absolute atomic E-state index is 12.4. The Morgan fingerprint density at radius 1 is 1.33 bits per heavy atom. The summed E-state index contributed by atoms with van der Waals surface area (Å²) in [5.74, 6) is 0.125. The smallest absolute Gasteiger partial charge is 0.309 e. The molecule has 0 saturated heterocycles. The lowest BCUT2D eigenvalue weighted by Gasteiger charge is -2.34. The molecule has 0 aromatic heterocycles. The van der Waals surface area contributed by atoms with Crippen LogP contribution in [0.3, 0.4) is 0 Å². The van der Waals surface area contributed by atoms with Crippen LogP contribution in [0.4, 0.5) is 0 Å². The van der Waals surface area contributed by atoms with Crippen LogP contribution in [0.25, 0.3) is 0 Å². The normalized spacial score (nSPS) is 23.5. The predicted molar refractivity (Wildman–Crippen MR) is 84.8 cm³/mol. The molecule has 21 heavy (non-hydrogen) atoms. The quantitative estimate of drug-likeness (QED) is 0.636. The summed E-state index contributed by atoms with van der Waals surface area (Å²) >= 11 is 5.85. The number of nitrogens with one attached hydrogen (secondary N) is 1. The van der Waals surface area contributed by atoms with Gasteiger partial charge in [-0.2, -0.15) is 0 Å². The van der Waals surface area contributed by atoms with Crippen molar-refractivity contribution in [2.45, 2.75) is 51.7 Å². The Morgan fingerprint density at radius 2 is 2.05 bits per heavy atom. The second-order valence-electron chi connectivity index (χ2n) is 5.77. The number of esters is 1. The highest BCUT2D eigenvalue weighted by atomic mass is 35.5. The molecule has 0 spiro atoms. The number of hydrogen-bond donors (Lipinski definition) is 1. The first-order chi connectivity index (χ1) is 10.3. The molecule has 1 aliphatic carbocycles. The van der Waals surface area contributed by atoms with Gasteiger partial charge >= 0.3 is 5.97 Å². The first-order valence-electron chi connectivity index (χ1n) is 7.83. The van der Waals surface area contributed by atoms with Gasteiger partial charge in [0.25, 0.3) is 0 Å². The Bertz CT molecular complexity index is 438. The number of benzene rings is 1. The summed E-state index contributed by atoms with van der Waals surface area (Å²) in [6.45, 7) is 2.40. The van der Waals surface area contributed by atoms with Gasteiger partial charge in [0.15, 0.2) is 0 Å². The fourth-order valence-electron chi connectivity index (χ4n) is 3.26. The van der Waals surface area contributed by atoms with Gasteiger partial charge in [-0.25, -0.2) is 4.84 Å². The topological polar surface area (TPSA) is 38.3 Å². The second-order valence-corrected chi connectivity index (χ2v) is 5.99. The molecule has 1 saturated carbocycles. The van der Waals surface area contributed by atoms with Gasteiger partial charge in [0.05, 0.1) is 5.92 Å². The molecule has 0 radical (unpaired) electrons. The molecule has 0 aliphatic heterocycles. The van der Waals surface area contributed by atoms with E-state index >= 15 is 0 Å². The van der Waals surface area contributed by atoms with Crippen LogP contribution in [-0.4, -0.2) is 12.0 Å². The summed E-state index contributed by atoms with van der Waals surface area (Å²) < 4.78 is 5.52. The number of rotatable bonds is 6. The lowest BCUT2D eigenvalue weighted by Crippen LogP contribution is -2.41. The fraction of sp³-hybridized carbons (Fsp3) is 0.588. The molecule has 1 aliphatic rings. The van der Waals surface area contributed by atoms with Crippen molar-refractivity contribution >= 4 is 17.7 Å². The van der Waals surface area contributed by atoms with E-state index in [0.717, 1.165) is 24.8 Å². The van der Waals surface area contributed by atoms with Crippen molar-refractivity contribution in [2.75, 3.05) is 0 Å². The summed E-state index contributed by atoms with van der Waals surface area (Å²) in [6, 6.07) is 10.0. The molecule has 4 heteroatoms. The van der Waals surface area contributed by atoms with Gasteiger partial charge in [-0.15, -0.1) is 0 Å². The highest BCUT2D eigenvalue weighted by molar-refractivity contribution is 6.13. The molecule has 0 bridgehead atoms. The summed E-state index contributed by atoms with van der Waals surface area (Å²) in [6.07, 6.45) is 5.23. The molecule has 0 unspecified atom stereocenters. The van der Waals surface area contributed by atoms with E-state index in [4.69, 9.17) is 16.5 Å². The van der Waals surface area contributed by atoms with Crippen LogP contribution in [0.2, 0.25) is 0 Å². The van der Waals surface area contributed by atoms with Gasteiger partial charge in [0.1, 0.15) is 6.61 Å². The third-order valence-electron chi connectivity index (χ3n) is 4.44. The van der Waals surface area contributed by atoms with E-state index in [-0.39, 0.29) is 23.8 Å². The van der Waals surface area contributed by atoms with Gasteiger partial charge < -0.3 is 4.74 Å². The van der Waals surface area contributed by atoms with Gasteiger partial charge in [0, 0.05) is 6.04 Å². The number of carbonyl (C=O) groups is 1. The van der Waals surface area contributed by atoms with E-state index in [2.05, 4.69) is 4.84 Å². The zero-order chi connectivity index (χ0) is 15.1. The van der Waals surface area contributed by atoms with Crippen LogP contribution in [0.1, 0.15) is 44.6 Å². The number of carbonyl (C=O) groups excluding carboxylic acids is 1. The average Bonchev–Trinajstić information content (AvgIpc) is 2.55. The minimum absolute atomic E-state index is 0.0646. The maximum Gasteiger partial charge on any atom is 0.309 e. The molecule has 1 fully saturated rings. The van der Waals surface area contributed by atoms with E-state index in [9.17, 15) is 4.79 Å². The Hall–Kier alpha value is -1.06. The molecular weight excluding hydrogens is 286 g/mol. The Kier molecular flexibility index (Phi) is 6.52. The van der Waals surface area contributed by atoms with Crippen LogP contribution < -0.4 is 4.84 Å². The van der Waals surface area contributed by atoms with E-state index in [1.807, 2.05) is 37.3 Å². The van der Waals surface area contributed by atoms with Gasteiger partial charge in [-0.3, -0.25) is 4.79 Å². The highest BCUT2D eigenvalue weighted by Gasteiger charge is 2.35. The third-order valence-corrected chi connectivity index (χ3v) is 4.72. The van der Waals surface area contributed by atoms with E-state index in [0.29, 0.717) is 6.61 Å². The fourth-order valence-corrected chi connectivity index (χ4v) is 3.53. The van der Waals surface area contributed by atoms with Crippen LogP contribution in [0.15, 0.2) is 30.3 Å². The van der Waals surface area contributed by atoms with Crippen LogP contribution in [-0.2, 0) is 16.1 Å². The molecule has 2 rings (SSSR count). The molecule has 1 N–H and O–H groups in total. The number of halogens is 1. The second kappa shape index (κ2) is 8.40. The first kappa shape index (κ1) is 16.3. The maximum atomic E-state index is 12.4. The monoisotopic (exact) mass is 309 g/mol. The minimum atomic E-state index is -0.0924. The first-order valence-corrected chi connectivity index (χ1v) is 8.20. The summed E-state index contributed by atoms with van der Waals surface area (Å²) in [7, 11) is 0. The molecule has 116 valence electrons. The van der Waals surface area contributed by atoms with Gasteiger partial charge in [-0.05, 0) is 42.5 Å². The van der Waals surface area contributed by atoms with Crippen molar-refractivity contribution in [1.29, 1.82) is 0 Å². The highest BCUT2D eigenvalue weighted by Crippen LogP contribution is 2.33. The van der Waals surface area contributed by atoms with Crippen molar-refractivity contribution in [3.63, 3.8) is 0 Å². The Labute approximate surface area is 132 Å². The molecule has 3 nitrogen and oxygen atoms in total. The molecular formula is C17H24ClNO2. The number of ether oxygens (including phenoxy) is 1. The van der Waals surface area contributed by atoms with Crippen LogP contribution in [0.5, 0.6) is 0 Å². The predicted octanol–water partition coefficient (Wildman–Crippen LogP) is 4.06. The van der Waals surface area contributed by atoms with Crippen molar-refractivity contribution in [3.8, 4) is 0 Å². The van der Waals surface area contributed by atoms with E-state index in [1.54, 1.807) is 0 Å². The van der Waals surface area contributed by atoms with E-state index in [1.165, 1.54) is 12.8 Å². The van der Waals surface area contributed by atoms with Crippen molar-refractivity contribution < 1.29 is 9.53 Å². The number of hydrogen-bond acceptors (Lipinski definition) is 3. The van der Waals surface area contributed by atoms with Crippen molar-refractivity contribution in [1.82, 2.24) is 4.84 Å². The summed E-state index contributed by atoms with van der Waals surface area (Å²) in [5.41, 5.74) is 1.02. The average molecular weight is 310 g/mol. The largest absolute Gasteiger partial charge is 0.461 e. The molecule has 3 atom stereocenters. The van der Waals surface area contributed by atoms with Crippen molar-refractivity contribution in [3.05, 3.63) is 35.9 Å². The third kappa shape index (κ3) is 4.45. The lowest BCUT2D eigenvalue weighted by atomic mass is 9.76. The van der Waals surface area contributed by atoms with Crippen LogP contribution in [0, 0.1) is 11.8 Å².